The van der Waals surface area contributed by atoms with Gasteiger partial charge < -0.3 is 5.32 Å². The molecule has 7 heteroatoms. The SMILES string of the molecule is CCS(=O)(=O)NCCCNC(=O)c1ccc(C=O)cc1. The first-order valence-electron chi connectivity index (χ1n) is 6.29. The van der Waals surface area contributed by atoms with Crippen molar-refractivity contribution in [2.24, 2.45) is 0 Å². The van der Waals surface area contributed by atoms with Crippen LogP contribution in [-0.4, -0.2) is 39.5 Å². The van der Waals surface area contributed by atoms with Crippen LogP contribution in [0.5, 0.6) is 0 Å². The van der Waals surface area contributed by atoms with Crippen molar-refractivity contribution in [2.45, 2.75) is 13.3 Å². The molecule has 1 aromatic carbocycles. The summed E-state index contributed by atoms with van der Waals surface area (Å²) in [4.78, 5) is 22.2. The lowest BCUT2D eigenvalue weighted by atomic mass is 10.1. The van der Waals surface area contributed by atoms with Gasteiger partial charge in [0.2, 0.25) is 10.0 Å². The van der Waals surface area contributed by atoms with Crippen LogP contribution in [0.3, 0.4) is 0 Å². The normalized spacial score (nSPS) is 11.1. The Hall–Kier alpha value is -1.73. The van der Waals surface area contributed by atoms with Gasteiger partial charge in [-0.05, 0) is 25.5 Å². The van der Waals surface area contributed by atoms with Gasteiger partial charge >= 0.3 is 0 Å². The molecule has 1 rings (SSSR count). The highest BCUT2D eigenvalue weighted by Crippen LogP contribution is 2.02. The zero-order valence-corrected chi connectivity index (χ0v) is 12.1. The van der Waals surface area contributed by atoms with Crippen LogP contribution in [0.25, 0.3) is 0 Å². The van der Waals surface area contributed by atoms with E-state index in [4.69, 9.17) is 0 Å². The molecule has 110 valence electrons. The standard InChI is InChI=1S/C13H18N2O4S/c1-2-20(18,19)15-9-3-8-14-13(17)12-6-4-11(10-16)5-7-12/h4-7,10,15H,2-3,8-9H2,1H3,(H,14,17). The zero-order chi connectivity index (χ0) is 15.0. The van der Waals surface area contributed by atoms with Crippen molar-refractivity contribution in [3.63, 3.8) is 0 Å². The van der Waals surface area contributed by atoms with Crippen LogP contribution in [0.15, 0.2) is 24.3 Å². The van der Waals surface area contributed by atoms with E-state index in [9.17, 15) is 18.0 Å². The fourth-order valence-corrected chi connectivity index (χ4v) is 2.09. The zero-order valence-electron chi connectivity index (χ0n) is 11.3. The van der Waals surface area contributed by atoms with Gasteiger partial charge in [-0.25, -0.2) is 13.1 Å². The lowest BCUT2D eigenvalue weighted by Crippen LogP contribution is -2.30. The van der Waals surface area contributed by atoms with Crippen LogP contribution in [0.1, 0.15) is 34.1 Å². The molecule has 0 aromatic heterocycles. The van der Waals surface area contributed by atoms with Gasteiger partial charge in [-0.1, -0.05) is 12.1 Å². The maximum absolute atomic E-state index is 11.7. The molecule has 1 amide bonds. The molecule has 1 aromatic rings. The summed E-state index contributed by atoms with van der Waals surface area (Å²) < 4.78 is 24.7. The second-order valence-corrected chi connectivity index (χ2v) is 6.24. The predicted molar refractivity (Wildman–Crippen MR) is 76.2 cm³/mol. The third-order valence-electron chi connectivity index (χ3n) is 2.65. The maximum Gasteiger partial charge on any atom is 0.251 e. The Bertz CT molecular complexity index is 552. The molecule has 0 spiro atoms. The molecule has 0 aliphatic heterocycles. The highest BCUT2D eigenvalue weighted by atomic mass is 32.2. The number of carbonyl (C=O) groups excluding carboxylic acids is 2. The number of nitrogens with one attached hydrogen (secondary N) is 2. The first kappa shape index (κ1) is 16.3. The van der Waals surface area contributed by atoms with Gasteiger partial charge in [0.05, 0.1) is 5.75 Å². The second kappa shape index (κ2) is 7.76. The van der Waals surface area contributed by atoms with Gasteiger partial charge in [0.1, 0.15) is 6.29 Å². The molecule has 2 N–H and O–H groups in total. The molecular formula is C13H18N2O4S. The van der Waals surface area contributed by atoms with Crippen molar-refractivity contribution in [3.8, 4) is 0 Å². The van der Waals surface area contributed by atoms with Crippen LogP contribution in [0.2, 0.25) is 0 Å². The molecule has 0 saturated carbocycles. The number of carbonyl (C=O) groups is 2. The first-order chi connectivity index (χ1) is 9.48. The van der Waals surface area contributed by atoms with E-state index in [0.717, 1.165) is 0 Å². The van der Waals surface area contributed by atoms with E-state index in [2.05, 4.69) is 10.0 Å². The van der Waals surface area contributed by atoms with Crippen molar-refractivity contribution >= 4 is 22.2 Å². The molecule has 0 aliphatic rings. The molecule has 0 heterocycles. The van der Waals surface area contributed by atoms with Gasteiger partial charge in [-0.2, -0.15) is 0 Å². The van der Waals surface area contributed by atoms with E-state index < -0.39 is 10.0 Å². The highest BCUT2D eigenvalue weighted by Gasteiger charge is 2.06. The quantitative estimate of drug-likeness (QED) is 0.542. The number of sulfonamides is 1. The summed E-state index contributed by atoms with van der Waals surface area (Å²) >= 11 is 0. The van der Waals surface area contributed by atoms with Crippen molar-refractivity contribution in [1.29, 1.82) is 0 Å². The number of benzene rings is 1. The van der Waals surface area contributed by atoms with E-state index in [1.54, 1.807) is 31.2 Å². The molecule has 0 radical (unpaired) electrons. The average Bonchev–Trinajstić information content (AvgIpc) is 2.46. The Morgan fingerprint density at radius 1 is 1.20 bits per heavy atom. The topological polar surface area (TPSA) is 92.3 Å². The lowest BCUT2D eigenvalue weighted by molar-refractivity contribution is 0.0952. The number of hydrogen-bond donors (Lipinski definition) is 2. The Labute approximate surface area is 118 Å². The van der Waals surface area contributed by atoms with Crippen LogP contribution >= 0.6 is 0 Å². The van der Waals surface area contributed by atoms with Crippen molar-refractivity contribution in [2.75, 3.05) is 18.8 Å². The fraction of sp³-hybridized carbons (Fsp3) is 0.385. The summed E-state index contributed by atoms with van der Waals surface area (Å²) in [5.41, 5.74) is 0.972. The number of aldehydes is 1. The smallest absolute Gasteiger partial charge is 0.251 e. The molecule has 20 heavy (non-hydrogen) atoms. The third-order valence-corrected chi connectivity index (χ3v) is 4.05. The first-order valence-corrected chi connectivity index (χ1v) is 7.94. The summed E-state index contributed by atoms with van der Waals surface area (Å²) in [6.07, 6.45) is 1.22. The van der Waals surface area contributed by atoms with Crippen LogP contribution < -0.4 is 10.0 Å². The van der Waals surface area contributed by atoms with Gasteiger partial charge in [-0.15, -0.1) is 0 Å². The van der Waals surface area contributed by atoms with Crippen molar-refractivity contribution < 1.29 is 18.0 Å². The van der Waals surface area contributed by atoms with Gasteiger partial charge in [-0.3, -0.25) is 9.59 Å². The predicted octanol–water partition coefficient (Wildman–Crippen LogP) is 0.558. The molecule has 0 atom stereocenters. The molecule has 0 saturated heterocycles. The maximum atomic E-state index is 11.7. The van der Waals surface area contributed by atoms with Crippen molar-refractivity contribution in [3.05, 3.63) is 35.4 Å². The largest absolute Gasteiger partial charge is 0.352 e. The van der Waals surface area contributed by atoms with Gasteiger partial charge in [0, 0.05) is 24.2 Å². The molecule has 6 nitrogen and oxygen atoms in total. The van der Waals surface area contributed by atoms with E-state index >= 15 is 0 Å². The van der Waals surface area contributed by atoms with Gasteiger partial charge in [0.15, 0.2) is 0 Å². The molecule has 0 unspecified atom stereocenters. The van der Waals surface area contributed by atoms with Crippen molar-refractivity contribution in [1.82, 2.24) is 10.0 Å². The monoisotopic (exact) mass is 298 g/mol. The second-order valence-electron chi connectivity index (χ2n) is 4.15. The number of rotatable bonds is 8. The highest BCUT2D eigenvalue weighted by molar-refractivity contribution is 7.89. The Morgan fingerprint density at radius 2 is 1.85 bits per heavy atom. The lowest BCUT2D eigenvalue weighted by Gasteiger charge is -2.06. The summed E-state index contributed by atoms with van der Waals surface area (Å²) in [5, 5.41) is 2.68. The average molecular weight is 298 g/mol. The third kappa shape index (κ3) is 5.50. The number of amides is 1. The Kier molecular flexibility index (Phi) is 6.33. The number of hydrogen-bond acceptors (Lipinski definition) is 4. The van der Waals surface area contributed by atoms with Gasteiger partial charge in [0.25, 0.3) is 5.91 Å². The van der Waals surface area contributed by atoms with Crippen LogP contribution in [-0.2, 0) is 10.0 Å². The van der Waals surface area contributed by atoms with E-state index in [1.165, 1.54) is 0 Å². The summed E-state index contributed by atoms with van der Waals surface area (Å²) in [7, 11) is -3.18. The van der Waals surface area contributed by atoms with E-state index in [1.807, 2.05) is 0 Å². The minimum absolute atomic E-state index is 0.0441. The molecule has 0 aliphatic carbocycles. The minimum Gasteiger partial charge on any atom is -0.352 e. The fourth-order valence-electron chi connectivity index (χ4n) is 1.44. The van der Waals surface area contributed by atoms with E-state index in [0.29, 0.717) is 36.9 Å². The van der Waals surface area contributed by atoms with E-state index in [-0.39, 0.29) is 11.7 Å². The summed E-state index contributed by atoms with van der Waals surface area (Å²) in [6.45, 7) is 2.23. The molecular weight excluding hydrogens is 280 g/mol. The molecule has 0 bridgehead atoms. The molecule has 0 fully saturated rings. The summed E-state index contributed by atoms with van der Waals surface area (Å²) in [6, 6.07) is 6.27. The van der Waals surface area contributed by atoms with Crippen LogP contribution in [0, 0.1) is 0 Å². The van der Waals surface area contributed by atoms with Crippen LogP contribution in [0.4, 0.5) is 0 Å². The Balaban J connectivity index is 2.31. The Morgan fingerprint density at radius 3 is 2.40 bits per heavy atom. The minimum atomic E-state index is -3.18. The summed E-state index contributed by atoms with van der Waals surface area (Å²) in [5.74, 6) is -0.205.